The van der Waals surface area contributed by atoms with Crippen molar-refractivity contribution in [1.82, 2.24) is 0 Å². The van der Waals surface area contributed by atoms with Gasteiger partial charge in [-0.3, -0.25) is 0 Å². The molecule has 1 aliphatic carbocycles. The number of carbonyl (C=O) groups excluding carboxylic acids is 6. The number of methoxy groups -OCH3 is 6. The minimum Gasteiger partial charge on any atom is -0.467 e. The zero-order valence-corrected chi connectivity index (χ0v) is 21.2. The molecule has 14 nitrogen and oxygen atoms in total. The summed E-state index contributed by atoms with van der Waals surface area (Å²) in [6.45, 7) is 0. The molecule has 0 radical (unpaired) electrons. The normalized spacial score (nSPS) is 37.1. The van der Waals surface area contributed by atoms with Crippen molar-refractivity contribution in [2.45, 2.75) is 23.4 Å². The van der Waals surface area contributed by atoms with E-state index >= 15 is 0 Å². The number of carbonyl (C=O) groups is 6. The number of rotatable bonds is 6. The summed E-state index contributed by atoms with van der Waals surface area (Å²) in [5.41, 5.74) is -5.74. The van der Waals surface area contributed by atoms with E-state index < -0.39 is 94.0 Å². The van der Waals surface area contributed by atoms with Crippen molar-refractivity contribution in [2.24, 2.45) is 23.7 Å². The van der Waals surface area contributed by atoms with Crippen molar-refractivity contribution in [3.05, 3.63) is 22.3 Å². The molecule has 0 aromatic carbocycles. The second kappa shape index (κ2) is 8.36. The van der Waals surface area contributed by atoms with Gasteiger partial charge >= 0.3 is 35.8 Å². The molecule has 14 heteroatoms. The monoisotopic (exact) mass is 536 g/mol. The Kier molecular flexibility index (Phi) is 5.69. The van der Waals surface area contributed by atoms with E-state index in [-0.39, 0.29) is 11.1 Å². The van der Waals surface area contributed by atoms with Gasteiger partial charge in [0.05, 0.1) is 77.2 Å². The Bertz CT molecular complexity index is 1160. The summed E-state index contributed by atoms with van der Waals surface area (Å²) < 4.78 is 41.8. The summed E-state index contributed by atoms with van der Waals surface area (Å²) in [6.07, 6.45) is -2.36. The van der Waals surface area contributed by atoms with Crippen molar-refractivity contribution in [2.75, 3.05) is 42.7 Å². The van der Waals surface area contributed by atoms with Gasteiger partial charge in [0, 0.05) is 23.7 Å². The van der Waals surface area contributed by atoms with Gasteiger partial charge in [0.1, 0.15) is 0 Å². The lowest BCUT2D eigenvalue weighted by atomic mass is 9.41. The molecule has 204 valence electrons. The maximum absolute atomic E-state index is 13.4. The molecule has 4 bridgehead atoms. The van der Waals surface area contributed by atoms with Crippen molar-refractivity contribution in [3.63, 3.8) is 0 Å². The molecule has 0 amide bonds. The van der Waals surface area contributed by atoms with E-state index in [2.05, 4.69) is 0 Å². The van der Waals surface area contributed by atoms with Crippen LogP contribution in [0.3, 0.4) is 0 Å². The lowest BCUT2D eigenvalue weighted by molar-refractivity contribution is -0.181. The summed E-state index contributed by atoms with van der Waals surface area (Å²) in [6, 6.07) is 0. The minimum atomic E-state index is -2.20. The van der Waals surface area contributed by atoms with Gasteiger partial charge in [0.2, 0.25) is 11.2 Å². The van der Waals surface area contributed by atoms with Gasteiger partial charge in [0.25, 0.3) is 0 Å². The largest absolute Gasteiger partial charge is 0.467 e. The Morgan fingerprint density at radius 1 is 0.526 bits per heavy atom. The van der Waals surface area contributed by atoms with Crippen LogP contribution in [0.2, 0.25) is 0 Å². The molecule has 0 aromatic rings. The lowest BCUT2D eigenvalue weighted by Crippen LogP contribution is -2.69. The van der Waals surface area contributed by atoms with E-state index in [9.17, 15) is 28.8 Å². The molecule has 0 aromatic heterocycles. The highest BCUT2D eigenvalue weighted by atomic mass is 16.6. The third-order valence-electron chi connectivity index (χ3n) is 8.34. The molecule has 1 saturated carbocycles. The summed E-state index contributed by atoms with van der Waals surface area (Å²) in [7, 11) is 6.42. The topological polar surface area (TPSA) is 176 Å². The second-order valence-electron chi connectivity index (χ2n) is 9.28. The van der Waals surface area contributed by atoms with Crippen LogP contribution in [-0.4, -0.2) is 102 Å². The first-order valence-electron chi connectivity index (χ1n) is 11.4. The Hall–Kier alpha value is -3.78. The summed E-state index contributed by atoms with van der Waals surface area (Å²) >= 11 is 0. The molecular weight excluding hydrogens is 512 g/mol. The fraction of sp³-hybridized carbons (Fsp3) is 0.583. The van der Waals surface area contributed by atoms with E-state index in [1.807, 2.05) is 0 Å². The van der Waals surface area contributed by atoms with Crippen molar-refractivity contribution in [3.8, 4) is 0 Å². The second-order valence-corrected chi connectivity index (χ2v) is 9.28. The van der Waals surface area contributed by atoms with Gasteiger partial charge in [-0.25, -0.2) is 28.8 Å². The van der Waals surface area contributed by atoms with Gasteiger partial charge in [-0.2, -0.15) is 0 Å². The molecule has 2 saturated heterocycles. The first-order chi connectivity index (χ1) is 18.1. The molecule has 5 aliphatic rings. The first kappa shape index (κ1) is 25.9. The molecule has 3 fully saturated rings. The van der Waals surface area contributed by atoms with E-state index in [1.165, 1.54) is 0 Å². The van der Waals surface area contributed by atoms with E-state index in [1.54, 1.807) is 0 Å². The van der Waals surface area contributed by atoms with Crippen LogP contribution in [0.25, 0.3) is 0 Å². The van der Waals surface area contributed by atoms with E-state index in [4.69, 9.17) is 37.9 Å². The van der Waals surface area contributed by atoms with Crippen LogP contribution >= 0.6 is 0 Å². The fourth-order valence-corrected chi connectivity index (χ4v) is 7.25. The number of hydrogen-bond donors (Lipinski definition) is 0. The molecule has 5 rings (SSSR count). The average molecular weight is 536 g/mol. The third kappa shape index (κ3) is 2.59. The Labute approximate surface area is 215 Å². The Morgan fingerprint density at radius 2 is 0.842 bits per heavy atom. The van der Waals surface area contributed by atoms with Crippen molar-refractivity contribution < 1.29 is 66.7 Å². The fourth-order valence-electron chi connectivity index (χ4n) is 7.25. The third-order valence-corrected chi connectivity index (χ3v) is 8.34. The standard InChI is InChI=1S/C24H24O14/c1-31-17(25)9-13(19(27)33-3)23(21(29)35-5)11-7(15(9)37-23)8-12(11)24(22(30)36-6)14(20(28)34-4)10(16(8)38-24)18(26)32-2/h7-8,11-12,15-16H,1-6H3/t7-,8-,11-,12-,15-,16-,23+,24+/m0/s1. The molecule has 38 heavy (non-hydrogen) atoms. The summed E-state index contributed by atoms with van der Waals surface area (Å²) in [4.78, 5) is 78.6. The number of ether oxygens (including phenoxy) is 8. The maximum Gasteiger partial charge on any atom is 0.343 e. The van der Waals surface area contributed by atoms with Gasteiger partial charge < -0.3 is 37.9 Å². The highest BCUT2D eigenvalue weighted by Crippen LogP contribution is 2.76. The van der Waals surface area contributed by atoms with Crippen LogP contribution in [0.15, 0.2) is 22.3 Å². The predicted molar refractivity (Wildman–Crippen MR) is 115 cm³/mol. The average Bonchev–Trinajstić information content (AvgIpc) is 3.61. The predicted octanol–water partition coefficient (Wildman–Crippen LogP) is -1.60. The maximum atomic E-state index is 13.4. The van der Waals surface area contributed by atoms with Gasteiger partial charge in [0.15, 0.2) is 0 Å². The smallest absolute Gasteiger partial charge is 0.343 e. The SMILES string of the molecule is COC(=O)C1=C(C(=O)OC)[C@]2(C(=O)OC)O[C@H]1[C@H]1[C@H]3[C@@H]([C@H]12)[C@@]1(C(=O)OC)O[C@@H]3C(C(=O)OC)=C1C(=O)OC. The summed E-state index contributed by atoms with van der Waals surface area (Å²) in [5.74, 6) is -9.58. The van der Waals surface area contributed by atoms with E-state index in [0.717, 1.165) is 42.7 Å². The van der Waals surface area contributed by atoms with Gasteiger partial charge in [-0.15, -0.1) is 0 Å². The molecule has 0 N–H and O–H groups in total. The highest BCUT2D eigenvalue weighted by Gasteiger charge is 2.88. The van der Waals surface area contributed by atoms with Crippen molar-refractivity contribution >= 4 is 35.8 Å². The van der Waals surface area contributed by atoms with Crippen LogP contribution in [0.5, 0.6) is 0 Å². The molecule has 0 spiro atoms. The molecule has 4 aliphatic heterocycles. The molecule has 0 unspecified atom stereocenters. The number of esters is 6. The van der Waals surface area contributed by atoms with E-state index in [0.29, 0.717) is 0 Å². The highest BCUT2D eigenvalue weighted by molar-refractivity contribution is 6.12. The van der Waals surface area contributed by atoms with Crippen LogP contribution in [0.4, 0.5) is 0 Å². The summed E-state index contributed by atoms with van der Waals surface area (Å²) in [5, 5.41) is 0. The van der Waals surface area contributed by atoms with Gasteiger partial charge in [-0.05, 0) is 0 Å². The number of fused-ring (bicyclic) bond motifs is 12. The quantitative estimate of drug-likeness (QED) is 0.280. The Morgan fingerprint density at radius 3 is 1.11 bits per heavy atom. The molecular formula is C24H24O14. The van der Waals surface area contributed by atoms with Crippen LogP contribution in [0, 0.1) is 23.7 Å². The zero-order chi connectivity index (χ0) is 27.9. The van der Waals surface area contributed by atoms with Crippen molar-refractivity contribution in [1.29, 1.82) is 0 Å². The van der Waals surface area contributed by atoms with Gasteiger partial charge in [-0.1, -0.05) is 0 Å². The Balaban J connectivity index is 1.79. The van der Waals surface area contributed by atoms with Crippen LogP contribution in [0.1, 0.15) is 0 Å². The first-order valence-corrected chi connectivity index (χ1v) is 11.4. The molecule has 4 heterocycles. The molecule has 8 atom stereocenters. The van der Waals surface area contributed by atoms with Crippen LogP contribution in [-0.2, 0) is 66.7 Å². The minimum absolute atomic E-state index is 0.240. The zero-order valence-electron chi connectivity index (χ0n) is 21.2. The van der Waals surface area contributed by atoms with Crippen LogP contribution < -0.4 is 0 Å². The number of hydrogen-bond acceptors (Lipinski definition) is 14. The lowest BCUT2D eigenvalue weighted by Gasteiger charge is -2.56.